The third-order valence-corrected chi connectivity index (χ3v) is 3.38. The summed E-state index contributed by atoms with van der Waals surface area (Å²) in [5.74, 6) is -1.42. The number of aryl methyl sites for hydroxylation is 1. The van der Waals surface area contributed by atoms with Crippen LogP contribution in [0.5, 0.6) is 5.75 Å². The number of ether oxygens (including phenoxy) is 1. The van der Waals surface area contributed by atoms with Crippen LogP contribution in [0.4, 0.5) is 17.6 Å². The molecule has 1 amide bonds. The SMILES string of the molecule is Cc1ccc(F)cc1C(=O)N(C)Cc1ccccc1OC(F)(F)F. The van der Waals surface area contributed by atoms with E-state index in [1.165, 1.54) is 42.3 Å². The van der Waals surface area contributed by atoms with Crippen molar-refractivity contribution in [1.82, 2.24) is 4.90 Å². The second-order valence-electron chi connectivity index (χ2n) is 5.28. The number of alkyl halides is 3. The lowest BCUT2D eigenvalue weighted by atomic mass is 10.1. The summed E-state index contributed by atoms with van der Waals surface area (Å²) in [6.45, 7) is 1.54. The van der Waals surface area contributed by atoms with Gasteiger partial charge in [0.1, 0.15) is 11.6 Å². The average molecular weight is 341 g/mol. The molecule has 0 bridgehead atoms. The molecule has 24 heavy (non-hydrogen) atoms. The van der Waals surface area contributed by atoms with E-state index in [4.69, 9.17) is 0 Å². The maximum absolute atomic E-state index is 13.3. The molecular formula is C17H15F4NO2. The Morgan fingerprint density at radius 3 is 2.50 bits per heavy atom. The Hall–Kier alpha value is -2.57. The molecular weight excluding hydrogens is 326 g/mol. The summed E-state index contributed by atoms with van der Waals surface area (Å²) < 4.78 is 54.6. The second kappa shape index (κ2) is 6.90. The summed E-state index contributed by atoms with van der Waals surface area (Å²) in [7, 11) is 1.43. The van der Waals surface area contributed by atoms with Crippen LogP contribution in [-0.2, 0) is 6.54 Å². The summed E-state index contributed by atoms with van der Waals surface area (Å²) in [4.78, 5) is 13.6. The highest BCUT2D eigenvalue weighted by molar-refractivity contribution is 5.95. The standard InChI is InChI=1S/C17H15F4NO2/c1-11-7-8-13(18)9-14(11)16(23)22(2)10-12-5-3-4-6-15(12)24-17(19,20)21/h3-9H,10H2,1-2H3. The number of carbonyl (C=O) groups is 1. The Kier molecular flexibility index (Phi) is 5.11. The highest BCUT2D eigenvalue weighted by Gasteiger charge is 2.32. The maximum atomic E-state index is 13.3. The number of benzene rings is 2. The molecule has 0 atom stereocenters. The van der Waals surface area contributed by atoms with Gasteiger partial charge in [0.2, 0.25) is 0 Å². The monoisotopic (exact) mass is 341 g/mol. The zero-order valence-electron chi connectivity index (χ0n) is 13.0. The highest BCUT2D eigenvalue weighted by Crippen LogP contribution is 2.27. The first kappa shape index (κ1) is 17.8. The van der Waals surface area contributed by atoms with Crippen molar-refractivity contribution >= 4 is 5.91 Å². The van der Waals surface area contributed by atoms with Gasteiger partial charge in [0.25, 0.3) is 5.91 Å². The fraction of sp³-hybridized carbons (Fsp3) is 0.235. The largest absolute Gasteiger partial charge is 0.573 e. The third-order valence-electron chi connectivity index (χ3n) is 3.38. The van der Waals surface area contributed by atoms with Gasteiger partial charge < -0.3 is 9.64 Å². The topological polar surface area (TPSA) is 29.5 Å². The number of amides is 1. The molecule has 0 aliphatic heterocycles. The molecule has 0 aliphatic rings. The summed E-state index contributed by atoms with van der Waals surface area (Å²) >= 11 is 0. The predicted octanol–water partition coefficient (Wildman–Crippen LogP) is 4.30. The number of nitrogens with zero attached hydrogens (tertiary/aromatic N) is 1. The minimum absolute atomic E-state index is 0.110. The van der Waals surface area contributed by atoms with E-state index < -0.39 is 18.1 Å². The van der Waals surface area contributed by atoms with E-state index in [1.54, 1.807) is 13.0 Å². The first-order chi connectivity index (χ1) is 11.2. The van der Waals surface area contributed by atoms with Crippen LogP contribution in [0, 0.1) is 12.7 Å². The second-order valence-corrected chi connectivity index (χ2v) is 5.28. The fourth-order valence-electron chi connectivity index (χ4n) is 2.22. The van der Waals surface area contributed by atoms with Gasteiger partial charge in [-0.15, -0.1) is 13.2 Å². The smallest absolute Gasteiger partial charge is 0.405 e. The molecule has 0 saturated heterocycles. The summed E-state index contributed by atoms with van der Waals surface area (Å²) in [5.41, 5.74) is 0.930. The molecule has 0 aromatic heterocycles. The number of hydrogen-bond donors (Lipinski definition) is 0. The molecule has 7 heteroatoms. The Balaban J connectivity index is 2.22. The molecule has 0 saturated carbocycles. The van der Waals surface area contributed by atoms with E-state index in [0.717, 1.165) is 6.07 Å². The number of carbonyl (C=O) groups excluding carboxylic acids is 1. The van der Waals surface area contributed by atoms with Crippen LogP contribution >= 0.6 is 0 Å². The molecule has 0 radical (unpaired) electrons. The zero-order valence-corrected chi connectivity index (χ0v) is 13.0. The van der Waals surface area contributed by atoms with E-state index >= 15 is 0 Å². The van der Waals surface area contributed by atoms with Crippen LogP contribution in [0.25, 0.3) is 0 Å². The van der Waals surface area contributed by atoms with Crippen LogP contribution in [0.1, 0.15) is 21.5 Å². The van der Waals surface area contributed by atoms with Crippen LogP contribution in [0.15, 0.2) is 42.5 Å². The van der Waals surface area contributed by atoms with Crippen molar-refractivity contribution in [2.75, 3.05) is 7.05 Å². The van der Waals surface area contributed by atoms with Gasteiger partial charge in [-0.1, -0.05) is 24.3 Å². The van der Waals surface area contributed by atoms with E-state index in [9.17, 15) is 22.4 Å². The summed E-state index contributed by atoms with van der Waals surface area (Å²) in [5, 5.41) is 0. The van der Waals surface area contributed by atoms with Crippen LogP contribution < -0.4 is 4.74 Å². The zero-order chi connectivity index (χ0) is 17.9. The van der Waals surface area contributed by atoms with Gasteiger partial charge in [-0.3, -0.25) is 4.79 Å². The first-order valence-electron chi connectivity index (χ1n) is 7.02. The minimum atomic E-state index is -4.82. The van der Waals surface area contributed by atoms with Crippen molar-refractivity contribution in [3.8, 4) is 5.75 Å². The molecule has 0 aliphatic carbocycles. The Bertz CT molecular complexity index is 744. The maximum Gasteiger partial charge on any atom is 0.573 e. The molecule has 2 aromatic rings. The van der Waals surface area contributed by atoms with Gasteiger partial charge in [0, 0.05) is 24.7 Å². The fourth-order valence-corrected chi connectivity index (χ4v) is 2.22. The lowest BCUT2D eigenvalue weighted by molar-refractivity contribution is -0.275. The highest BCUT2D eigenvalue weighted by atomic mass is 19.4. The van der Waals surface area contributed by atoms with Crippen LogP contribution in [0.2, 0.25) is 0 Å². The van der Waals surface area contributed by atoms with E-state index in [2.05, 4.69) is 4.74 Å². The van der Waals surface area contributed by atoms with Crippen molar-refractivity contribution in [2.45, 2.75) is 19.8 Å². The van der Waals surface area contributed by atoms with Crippen molar-refractivity contribution in [3.63, 3.8) is 0 Å². The van der Waals surface area contributed by atoms with Gasteiger partial charge in [-0.25, -0.2) is 4.39 Å². The van der Waals surface area contributed by atoms with Gasteiger partial charge in [0.15, 0.2) is 0 Å². The van der Waals surface area contributed by atoms with Crippen LogP contribution in [-0.4, -0.2) is 24.2 Å². The molecule has 3 nitrogen and oxygen atoms in total. The molecule has 0 unspecified atom stereocenters. The van der Waals surface area contributed by atoms with E-state index in [0.29, 0.717) is 5.56 Å². The van der Waals surface area contributed by atoms with Gasteiger partial charge in [0.05, 0.1) is 0 Å². The average Bonchev–Trinajstić information content (AvgIpc) is 2.49. The minimum Gasteiger partial charge on any atom is -0.405 e. The van der Waals surface area contributed by atoms with Crippen molar-refractivity contribution in [3.05, 3.63) is 65.0 Å². The molecule has 0 heterocycles. The molecule has 0 spiro atoms. The molecule has 2 aromatic carbocycles. The van der Waals surface area contributed by atoms with Gasteiger partial charge >= 0.3 is 6.36 Å². The molecule has 2 rings (SSSR count). The van der Waals surface area contributed by atoms with Crippen molar-refractivity contribution in [1.29, 1.82) is 0 Å². The van der Waals surface area contributed by atoms with Gasteiger partial charge in [-0.05, 0) is 30.7 Å². The third kappa shape index (κ3) is 4.47. The lowest BCUT2D eigenvalue weighted by Gasteiger charge is -2.20. The number of rotatable bonds is 4. The van der Waals surface area contributed by atoms with E-state index in [-0.39, 0.29) is 23.4 Å². The normalized spacial score (nSPS) is 11.2. The predicted molar refractivity (Wildman–Crippen MR) is 80.1 cm³/mol. The lowest BCUT2D eigenvalue weighted by Crippen LogP contribution is -2.27. The van der Waals surface area contributed by atoms with Gasteiger partial charge in [-0.2, -0.15) is 0 Å². The summed E-state index contributed by atoms with van der Waals surface area (Å²) in [6, 6.07) is 9.37. The number of hydrogen-bond acceptors (Lipinski definition) is 2. The van der Waals surface area contributed by atoms with E-state index in [1.807, 2.05) is 0 Å². The molecule has 128 valence electrons. The Morgan fingerprint density at radius 1 is 1.17 bits per heavy atom. The Labute approximate surface area is 136 Å². The first-order valence-corrected chi connectivity index (χ1v) is 7.02. The van der Waals surface area contributed by atoms with Crippen molar-refractivity contribution in [2.24, 2.45) is 0 Å². The van der Waals surface area contributed by atoms with Crippen molar-refractivity contribution < 1.29 is 27.1 Å². The van der Waals surface area contributed by atoms with Crippen LogP contribution in [0.3, 0.4) is 0 Å². The summed E-state index contributed by atoms with van der Waals surface area (Å²) in [6.07, 6.45) is -4.82. The number of para-hydroxylation sites is 1. The molecule has 0 N–H and O–H groups in total. The molecule has 0 fully saturated rings. The number of halogens is 4. The Morgan fingerprint density at radius 2 is 1.83 bits per heavy atom. The quantitative estimate of drug-likeness (QED) is 0.776.